The molecule has 2 N–H and O–H groups in total. The second-order valence-electron chi connectivity index (χ2n) is 9.04. The Bertz CT molecular complexity index is 1150. The average molecular weight is 522 g/mol. The molecule has 1 saturated heterocycles. The normalized spacial score (nSPS) is 15.2. The molecule has 196 valence electrons. The van der Waals surface area contributed by atoms with E-state index in [4.69, 9.17) is 4.74 Å². The molecule has 3 aromatic carbocycles. The number of rotatable bonds is 10. The van der Waals surface area contributed by atoms with E-state index in [9.17, 15) is 13.6 Å². The predicted molar refractivity (Wildman–Crippen MR) is 145 cm³/mol. The molecular formula is C28H33N4O4S-. The number of carbonyl (C=O) groups is 1. The molecule has 3 aromatic rings. The van der Waals surface area contributed by atoms with Crippen molar-refractivity contribution in [1.82, 2.24) is 14.5 Å². The highest BCUT2D eigenvalue weighted by Gasteiger charge is 2.27. The van der Waals surface area contributed by atoms with Crippen molar-refractivity contribution in [3.63, 3.8) is 0 Å². The van der Waals surface area contributed by atoms with E-state index in [0.717, 1.165) is 49.5 Å². The zero-order chi connectivity index (χ0) is 26.0. The summed E-state index contributed by atoms with van der Waals surface area (Å²) in [4.78, 5) is 17.2. The lowest BCUT2D eigenvalue weighted by Crippen LogP contribution is -2.48. The second kappa shape index (κ2) is 13.3. The van der Waals surface area contributed by atoms with Crippen LogP contribution in [0.2, 0.25) is 0 Å². The van der Waals surface area contributed by atoms with Crippen molar-refractivity contribution in [3.05, 3.63) is 90.0 Å². The first-order valence-corrected chi connectivity index (χ1v) is 13.6. The third-order valence-electron chi connectivity index (χ3n) is 6.51. The molecule has 1 fully saturated rings. The van der Waals surface area contributed by atoms with E-state index in [1.165, 1.54) is 5.56 Å². The zero-order valence-corrected chi connectivity index (χ0v) is 21.8. The maximum atomic E-state index is 12.8. The summed E-state index contributed by atoms with van der Waals surface area (Å²) in [7, 11) is 0. The van der Waals surface area contributed by atoms with E-state index in [1.54, 1.807) is 0 Å². The SMILES string of the molecule is CCN(C(=O)Nc1ccccc1)C1CCN(Cc2ccc(Oc3ccc(CNS(=O)[O-])cc3)cc2)CC1. The highest BCUT2D eigenvalue weighted by molar-refractivity contribution is 7.77. The highest BCUT2D eigenvalue weighted by atomic mass is 32.2. The summed E-state index contributed by atoms with van der Waals surface area (Å²) < 4.78 is 29.5. The van der Waals surface area contributed by atoms with Gasteiger partial charge in [-0.25, -0.2) is 9.52 Å². The van der Waals surface area contributed by atoms with Crippen LogP contribution < -0.4 is 14.8 Å². The smallest absolute Gasteiger partial charge is 0.322 e. The quantitative estimate of drug-likeness (QED) is 0.371. The summed E-state index contributed by atoms with van der Waals surface area (Å²) in [5, 5.41) is 3.01. The average Bonchev–Trinajstić information content (AvgIpc) is 2.91. The lowest BCUT2D eigenvalue weighted by Gasteiger charge is -2.38. The van der Waals surface area contributed by atoms with E-state index >= 15 is 0 Å². The molecule has 2 amide bonds. The van der Waals surface area contributed by atoms with Crippen LogP contribution in [0, 0.1) is 0 Å². The van der Waals surface area contributed by atoms with E-state index in [0.29, 0.717) is 12.3 Å². The van der Waals surface area contributed by atoms with Gasteiger partial charge in [-0.1, -0.05) is 42.5 Å². The van der Waals surface area contributed by atoms with Gasteiger partial charge in [-0.15, -0.1) is 0 Å². The van der Waals surface area contributed by atoms with Crippen LogP contribution in [0.3, 0.4) is 0 Å². The van der Waals surface area contributed by atoms with E-state index in [2.05, 4.69) is 27.1 Å². The van der Waals surface area contributed by atoms with Crippen molar-refractivity contribution in [2.45, 2.75) is 38.9 Å². The van der Waals surface area contributed by atoms with E-state index < -0.39 is 11.3 Å². The minimum Gasteiger partial charge on any atom is -0.760 e. The minimum absolute atomic E-state index is 0.0343. The predicted octanol–water partition coefficient (Wildman–Crippen LogP) is 4.88. The Morgan fingerprint density at radius 3 is 2.14 bits per heavy atom. The van der Waals surface area contributed by atoms with E-state index in [1.807, 2.05) is 78.6 Å². The summed E-state index contributed by atoms with van der Waals surface area (Å²) in [6.07, 6.45) is 1.90. The zero-order valence-electron chi connectivity index (χ0n) is 21.0. The highest BCUT2D eigenvalue weighted by Crippen LogP contribution is 2.24. The van der Waals surface area contributed by atoms with Gasteiger partial charge in [0.05, 0.1) is 0 Å². The molecule has 0 aromatic heterocycles. The number of ether oxygens (including phenoxy) is 1. The number of benzene rings is 3. The van der Waals surface area contributed by atoms with Gasteiger partial charge in [0.25, 0.3) is 0 Å². The van der Waals surface area contributed by atoms with Crippen LogP contribution >= 0.6 is 0 Å². The topological polar surface area (TPSA) is 97.0 Å². The molecule has 1 unspecified atom stereocenters. The Morgan fingerprint density at radius 1 is 0.973 bits per heavy atom. The first-order chi connectivity index (χ1) is 18.0. The van der Waals surface area contributed by atoms with Gasteiger partial charge in [0.15, 0.2) is 0 Å². The van der Waals surface area contributed by atoms with Gasteiger partial charge in [-0.05, 0) is 67.3 Å². The molecule has 1 aliphatic heterocycles. The molecule has 0 spiro atoms. The molecule has 0 saturated carbocycles. The number of hydrogen-bond acceptors (Lipinski definition) is 5. The monoisotopic (exact) mass is 521 g/mol. The molecule has 8 nitrogen and oxygen atoms in total. The van der Waals surface area contributed by atoms with Crippen LogP contribution in [-0.4, -0.2) is 50.3 Å². The molecule has 1 atom stereocenters. The summed E-state index contributed by atoms with van der Waals surface area (Å²) >= 11 is -2.27. The number of carbonyl (C=O) groups excluding carboxylic acids is 1. The van der Waals surface area contributed by atoms with Gasteiger partial charge >= 0.3 is 6.03 Å². The third kappa shape index (κ3) is 8.13. The first-order valence-electron chi connectivity index (χ1n) is 12.5. The fourth-order valence-electron chi connectivity index (χ4n) is 4.55. The minimum atomic E-state index is -2.27. The van der Waals surface area contributed by atoms with Crippen molar-refractivity contribution in [1.29, 1.82) is 0 Å². The van der Waals surface area contributed by atoms with Gasteiger partial charge in [0.2, 0.25) is 0 Å². The number of para-hydroxylation sites is 1. The van der Waals surface area contributed by atoms with Gasteiger partial charge in [0, 0.05) is 55.7 Å². The van der Waals surface area contributed by atoms with Crippen LogP contribution in [0.4, 0.5) is 10.5 Å². The number of urea groups is 1. The summed E-state index contributed by atoms with van der Waals surface area (Å²) in [6.45, 7) is 5.71. The molecule has 9 heteroatoms. The maximum Gasteiger partial charge on any atom is 0.322 e. The Hall–Kier alpha value is -3.24. The molecule has 1 heterocycles. The fraction of sp³-hybridized carbons (Fsp3) is 0.321. The third-order valence-corrected chi connectivity index (χ3v) is 6.89. The lowest BCUT2D eigenvalue weighted by atomic mass is 10.0. The molecule has 37 heavy (non-hydrogen) atoms. The summed E-state index contributed by atoms with van der Waals surface area (Å²) in [5.74, 6) is 1.44. The number of amides is 2. The molecular weight excluding hydrogens is 488 g/mol. The number of hydrogen-bond donors (Lipinski definition) is 2. The first kappa shape index (κ1) is 26.8. The van der Waals surface area contributed by atoms with Crippen LogP contribution in [0.25, 0.3) is 0 Å². The Morgan fingerprint density at radius 2 is 1.57 bits per heavy atom. The Labute approximate surface area is 221 Å². The summed E-state index contributed by atoms with van der Waals surface area (Å²) in [5.41, 5.74) is 2.89. The molecule has 4 rings (SSSR count). The number of anilines is 1. The van der Waals surface area contributed by atoms with Crippen LogP contribution in [-0.2, 0) is 24.4 Å². The van der Waals surface area contributed by atoms with Gasteiger partial charge in [0.1, 0.15) is 11.5 Å². The van der Waals surface area contributed by atoms with Crippen molar-refractivity contribution in [3.8, 4) is 11.5 Å². The van der Waals surface area contributed by atoms with Crippen molar-refractivity contribution < 1.29 is 18.3 Å². The number of nitrogens with one attached hydrogen (secondary N) is 2. The van der Waals surface area contributed by atoms with Crippen molar-refractivity contribution >= 4 is 23.0 Å². The fourth-order valence-corrected chi connectivity index (χ4v) is 4.83. The van der Waals surface area contributed by atoms with E-state index in [-0.39, 0.29) is 18.6 Å². The number of likely N-dealkylation sites (tertiary alicyclic amines) is 1. The standard InChI is InChI=1S/C28H34N4O4S/c1-2-32(28(33)30-24-6-4-3-5-7-24)25-16-18-31(19-17-25)21-23-10-14-27(15-11-23)36-26-12-8-22(9-13-26)20-29-37(34)35/h3-15,25,29H,2,16-21H2,1H3,(H,30,33)(H,34,35)/p-1. The van der Waals surface area contributed by atoms with Crippen molar-refractivity contribution in [2.24, 2.45) is 0 Å². The van der Waals surface area contributed by atoms with Gasteiger partial charge in [-0.3, -0.25) is 9.11 Å². The van der Waals surface area contributed by atoms with Crippen molar-refractivity contribution in [2.75, 3.05) is 25.0 Å². The Kier molecular flexibility index (Phi) is 9.67. The van der Waals surface area contributed by atoms with Gasteiger partial charge in [-0.2, -0.15) is 0 Å². The molecule has 0 bridgehead atoms. The molecule has 1 aliphatic rings. The summed E-state index contributed by atoms with van der Waals surface area (Å²) in [6, 6.07) is 25.2. The number of nitrogens with zero attached hydrogens (tertiary/aromatic N) is 2. The second-order valence-corrected chi connectivity index (χ2v) is 9.79. The largest absolute Gasteiger partial charge is 0.760 e. The Balaban J connectivity index is 1.23. The molecule has 0 aliphatic carbocycles. The molecule has 0 radical (unpaired) electrons. The van der Waals surface area contributed by atoms with Crippen LogP contribution in [0.5, 0.6) is 11.5 Å². The maximum absolute atomic E-state index is 12.8. The van der Waals surface area contributed by atoms with Crippen LogP contribution in [0.15, 0.2) is 78.9 Å². The van der Waals surface area contributed by atoms with Crippen LogP contribution in [0.1, 0.15) is 30.9 Å². The lowest BCUT2D eigenvalue weighted by molar-refractivity contribution is 0.126. The van der Waals surface area contributed by atoms with Gasteiger partial charge < -0.3 is 19.5 Å². The number of piperidine rings is 1.